The second-order valence-corrected chi connectivity index (χ2v) is 5.84. The minimum atomic E-state index is 0.186. The normalized spacial score (nSPS) is 40.9. The molecule has 2 saturated heterocycles. The average Bonchev–Trinajstić information content (AvgIpc) is 2.66. The molecular formula is C13H27N3O. The Bertz CT molecular complexity index is 249. The maximum Gasteiger partial charge on any atom is 0.0698 e. The van der Waals surface area contributed by atoms with Crippen molar-refractivity contribution in [3.8, 4) is 0 Å². The highest BCUT2D eigenvalue weighted by Gasteiger charge is 2.45. The van der Waals surface area contributed by atoms with Gasteiger partial charge in [0.2, 0.25) is 0 Å². The molecule has 4 heteroatoms. The van der Waals surface area contributed by atoms with Gasteiger partial charge in [-0.05, 0) is 39.8 Å². The Labute approximate surface area is 105 Å². The number of rotatable bonds is 3. The molecule has 0 aromatic rings. The first-order chi connectivity index (χ1) is 8.11. The van der Waals surface area contributed by atoms with Crippen LogP contribution in [0.1, 0.15) is 26.2 Å². The van der Waals surface area contributed by atoms with Gasteiger partial charge in [-0.2, -0.15) is 0 Å². The van der Waals surface area contributed by atoms with Crippen LogP contribution in [0.4, 0.5) is 0 Å². The first-order valence-corrected chi connectivity index (χ1v) is 6.79. The number of ether oxygens (including phenoxy) is 1. The highest BCUT2D eigenvalue weighted by atomic mass is 16.5. The van der Waals surface area contributed by atoms with E-state index in [1.54, 1.807) is 0 Å². The first-order valence-electron chi connectivity index (χ1n) is 6.79. The van der Waals surface area contributed by atoms with Gasteiger partial charge in [-0.3, -0.25) is 4.90 Å². The summed E-state index contributed by atoms with van der Waals surface area (Å²) in [6.45, 7) is 6.39. The zero-order valence-corrected chi connectivity index (χ0v) is 11.5. The smallest absolute Gasteiger partial charge is 0.0698 e. The molecule has 4 nitrogen and oxygen atoms in total. The summed E-state index contributed by atoms with van der Waals surface area (Å²) in [6, 6.07) is 0.640. The standard InChI is InChI=1S/C13H27N3O/c1-11-7-13(9-14,10-15(11)2)16-6-4-5-12(8-16)17-3/h11-12H,4-10,14H2,1-3H3. The number of nitrogens with zero attached hydrogens (tertiary/aromatic N) is 2. The molecule has 17 heavy (non-hydrogen) atoms. The average molecular weight is 241 g/mol. The van der Waals surface area contributed by atoms with Crippen LogP contribution in [0.15, 0.2) is 0 Å². The van der Waals surface area contributed by atoms with Crippen LogP contribution < -0.4 is 5.73 Å². The van der Waals surface area contributed by atoms with Crippen molar-refractivity contribution in [3.05, 3.63) is 0 Å². The van der Waals surface area contributed by atoms with Gasteiger partial charge in [0.1, 0.15) is 0 Å². The summed E-state index contributed by atoms with van der Waals surface area (Å²) >= 11 is 0. The van der Waals surface area contributed by atoms with Crippen molar-refractivity contribution in [2.45, 2.75) is 43.9 Å². The van der Waals surface area contributed by atoms with E-state index in [0.29, 0.717) is 12.1 Å². The van der Waals surface area contributed by atoms with Crippen molar-refractivity contribution >= 4 is 0 Å². The van der Waals surface area contributed by atoms with Crippen LogP contribution in [-0.2, 0) is 4.74 Å². The Morgan fingerprint density at radius 3 is 2.76 bits per heavy atom. The van der Waals surface area contributed by atoms with Crippen LogP contribution in [0.3, 0.4) is 0 Å². The lowest BCUT2D eigenvalue weighted by molar-refractivity contribution is -0.0136. The van der Waals surface area contributed by atoms with E-state index in [2.05, 4.69) is 23.8 Å². The minimum absolute atomic E-state index is 0.186. The van der Waals surface area contributed by atoms with Crippen molar-refractivity contribution < 1.29 is 4.74 Å². The Morgan fingerprint density at radius 1 is 1.47 bits per heavy atom. The van der Waals surface area contributed by atoms with Crippen molar-refractivity contribution in [1.82, 2.24) is 9.80 Å². The molecule has 2 aliphatic heterocycles. The van der Waals surface area contributed by atoms with Gasteiger partial charge in [-0.1, -0.05) is 0 Å². The van der Waals surface area contributed by atoms with E-state index in [1.807, 2.05) is 7.11 Å². The Balaban J connectivity index is 2.07. The molecule has 0 saturated carbocycles. The number of hydrogen-bond donors (Lipinski definition) is 1. The number of piperidine rings is 1. The summed E-state index contributed by atoms with van der Waals surface area (Å²) in [4.78, 5) is 5.02. The molecule has 100 valence electrons. The van der Waals surface area contributed by atoms with Crippen LogP contribution in [0.25, 0.3) is 0 Å². The zero-order chi connectivity index (χ0) is 12.5. The number of hydrogen-bond acceptors (Lipinski definition) is 4. The van der Waals surface area contributed by atoms with Gasteiger partial charge in [-0.15, -0.1) is 0 Å². The van der Waals surface area contributed by atoms with Gasteiger partial charge in [-0.25, -0.2) is 0 Å². The van der Waals surface area contributed by atoms with E-state index in [0.717, 1.165) is 19.6 Å². The third-order valence-corrected chi connectivity index (χ3v) is 4.73. The Kier molecular flexibility index (Phi) is 4.08. The predicted octanol–water partition coefficient (Wildman–Crippen LogP) is 0.519. The number of likely N-dealkylation sites (N-methyl/N-ethyl adjacent to an activating group) is 1. The first kappa shape index (κ1) is 13.3. The quantitative estimate of drug-likeness (QED) is 0.782. The molecule has 3 atom stereocenters. The van der Waals surface area contributed by atoms with E-state index >= 15 is 0 Å². The van der Waals surface area contributed by atoms with E-state index < -0.39 is 0 Å². The molecule has 2 heterocycles. The fourth-order valence-electron chi connectivity index (χ4n) is 3.46. The maximum absolute atomic E-state index is 6.10. The summed E-state index contributed by atoms with van der Waals surface area (Å²) in [7, 11) is 4.03. The van der Waals surface area contributed by atoms with E-state index in [9.17, 15) is 0 Å². The molecule has 0 amide bonds. The fourth-order valence-corrected chi connectivity index (χ4v) is 3.46. The van der Waals surface area contributed by atoms with Gasteiger partial charge in [0.05, 0.1) is 6.10 Å². The SMILES string of the molecule is COC1CCCN(C2(CN)CC(C)N(C)C2)C1. The minimum Gasteiger partial charge on any atom is -0.380 e. The Morgan fingerprint density at radius 2 is 2.24 bits per heavy atom. The van der Waals surface area contributed by atoms with Gasteiger partial charge < -0.3 is 15.4 Å². The van der Waals surface area contributed by atoms with Gasteiger partial charge in [0, 0.05) is 38.3 Å². The van der Waals surface area contributed by atoms with Gasteiger partial charge >= 0.3 is 0 Å². The second kappa shape index (κ2) is 5.22. The van der Waals surface area contributed by atoms with Crippen LogP contribution in [-0.4, -0.2) is 67.8 Å². The van der Waals surface area contributed by atoms with Crippen molar-refractivity contribution in [1.29, 1.82) is 0 Å². The lowest BCUT2D eigenvalue weighted by atomic mass is 9.91. The molecule has 0 radical (unpaired) electrons. The third-order valence-electron chi connectivity index (χ3n) is 4.73. The summed E-state index contributed by atoms with van der Waals surface area (Å²) in [5.74, 6) is 0. The monoisotopic (exact) mass is 241 g/mol. The van der Waals surface area contributed by atoms with Crippen molar-refractivity contribution in [2.75, 3.05) is 40.3 Å². The molecule has 0 aliphatic carbocycles. The molecule has 0 bridgehead atoms. The van der Waals surface area contributed by atoms with Crippen LogP contribution in [0.2, 0.25) is 0 Å². The summed E-state index contributed by atoms with van der Waals surface area (Å²) in [5, 5.41) is 0. The maximum atomic E-state index is 6.10. The zero-order valence-electron chi connectivity index (χ0n) is 11.5. The third kappa shape index (κ3) is 2.50. The van der Waals surface area contributed by atoms with Crippen LogP contribution in [0, 0.1) is 0 Å². The molecular weight excluding hydrogens is 214 g/mol. The molecule has 3 unspecified atom stereocenters. The summed E-state index contributed by atoms with van der Waals surface area (Å²) < 4.78 is 5.53. The van der Waals surface area contributed by atoms with Crippen molar-refractivity contribution in [3.63, 3.8) is 0 Å². The summed E-state index contributed by atoms with van der Waals surface area (Å²) in [6.07, 6.45) is 4.02. The number of likely N-dealkylation sites (tertiary alicyclic amines) is 2. The fraction of sp³-hybridized carbons (Fsp3) is 1.00. The predicted molar refractivity (Wildman–Crippen MR) is 70.1 cm³/mol. The molecule has 0 spiro atoms. The number of nitrogens with two attached hydrogens (primary N) is 1. The topological polar surface area (TPSA) is 41.7 Å². The van der Waals surface area contributed by atoms with E-state index in [4.69, 9.17) is 10.5 Å². The summed E-state index contributed by atoms with van der Waals surface area (Å²) in [5.41, 5.74) is 6.29. The lowest BCUT2D eigenvalue weighted by Crippen LogP contribution is -2.59. The number of methoxy groups -OCH3 is 1. The van der Waals surface area contributed by atoms with Crippen LogP contribution >= 0.6 is 0 Å². The van der Waals surface area contributed by atoms with Gasteiger partial charge in [0.25, 0.3) is 0 Å². The molecule has 2 fully saturated rings. The van der Waals surface area contributed by atoms with E-state index in [1.165, 1.54) is 25.8 Å². The largest absolute Gasteiger partial charge is 0.380 e. The molecule has 2 rings (SSSR count). The molecule has 0 aromatic carbocycles. The molecule has 2 N–H and O–H groups in total. The highest BCUT2D eigenvalue weighted by Crippen LogP contribution is 2.33. The molecule has 0 aromatic heterocycles. The Hall–Kier alpha value is -0.160. The highest BCUT2D eigenvalue weighted by molar-refractivity contribution is 5.03. The lowest BCUT2D eigenvalue weighted by Gasteiger charge is -2.44. The van der Waals surface area contributed by atoms with E-state index in [-0.39, 0.29) is 5.54 Å². The van der Waals surface area contributed by atoms with Gasteiger partial charge in [0.15, 0.2) is 0 Å². The van der Waals surface area contributed by atoms with Crippen molar-refractivity contribution in [2.24, 2.45) is 5.73 Å². The van der Waals surface area contributed by atoms with Crippen LogP contribution in [0.5, 0.6) is 0 Å². The molecule has 2 aliphatic rings. The second-order valence-electron chi connectivity index (χ2n) is 5.84.